The van der Waals surface area contributed by atoms with Gasteiger partial charge in [0, 0.05) is 12.2 Å². The van der Waals surface area contributed by atoms with Crippen LogP contribution in [-0.4, -0.2) is 38.2 Å². The van der Waals surface area contributed by atoms with Crippen molar-refractivity contribution in [2.75, 3.05) is 11.9 Å². The van der Waals surface area contributed by atoms with Gasteiger partial charge in [0.15, 0.2) is 8.32 Å². The monoisotopic (exact) mass is 493 g/mol. The fourth-order valence-electron chi connectivity index (χ4n) is 3.86. The van der Waals surface area contributed by atoms with Crippen molar-refractivity contribution in [3.8, 4) is 6.07 Å². The van der Waals surface area contributed by atoms with E-state index in [-0.39, 0.29) is 11.1 Å². The Kier molecular flexibility index (Phi) is 8.21. The number of amides is 1. The number of nitrogens with one attached hydrogen (secondary N) is 2. The average Bonchev–Trinajstić information content (AvgIpc) is 3.02. The van der Waals surface area contributed by atoms with Gasteiger partial charge in [0.2, 0.25) is 0 Å². The lowest BCUT2D eigenvalue weighted by molar-refractivity contribution is 0.0340. The maximum absolute atomic E-state index is 12.9. The van der Waals surface area contributed by atoms with Crippen molar-refractivity contribution in [1.29, 1.82) is 5.26 Å². The van der Waals surface area contributed by atoms with E-state index < -0.39 is 25.6 Å². The zero-order chi connectivity index (χ0) is 25.2. The van der Waals surface area contributed by atoms with Gasteiger partial charge in [-0.2, -0.15) is 5.26 Å². The van der Waals surface area contributed by atoms with E-state index in [1.54, 1.807) is 6.07 Å². The fourth-order valence-corrected chi connectivity index (χ4v) is 5.47. The van der Waals surface area contributed by atoms with Crippen molar-refractivity contribution >= 4 is 31.7 Å². The molecule has 0 heterocycles. The molecule has 2 N–H and O–H groups in total. The third-order valence-corrected chi connectivity index (χ3v) is 11.8. The number of halogens is 1. The molecule has 1 amide bonds. The summed E-state index contributed by atoms with van der Waals surface area (Å²) in [4.78, 5) is 12.9. The first-order chi connectivity index (χ1) is 15.0. The largest absolute Gasteiger partial charge is 0.444 e. The second-order valence-electron chi connectivity index (χ2n) is 11.6. The summed E-state index contributed by atoms with van der Waals surface area (Å²) < 4.78 is 12.5. The molecule has 0 saturated heterocycles. The molecule has 0 spiro atoms. The minimum Gasteiger partial charge on any atom is -0.444 e. The van der Waals surface area contributed by atoms with E-state index in [2.05, 4.69) is 50.6 Å². The SMILES string of the molecule is Cc1c(NC[C@]2(NC(=O)OC(C)(C)C)CCC[C@@H]2O[Si](C)(C)C(C)(C)C)ccc(C#N)c1Cl. The molecule has 0 aromatic heterocycles. The molecule has 0 bridgehead atoms. The van der Waals surface area contributed by atoms with Gasteiger partial charge in [-0.3, -0.25) is 0 Å². The van der Waals surface area contributed by atoms with Gasteiger partial charge in [-0.25, -0.2) is 4.79 Å². The number of ether oxygens (including phenoxy) is 1. The van der Waals surface area contributed by atoms with Crippen LogP contribution in [0.4, 0.5) is 10.5 Å². The molecule has 6 nitrogen and oxygen atoms in total. The number of hydrogen-bond donors (Lipinski definition) is 2. The Morgan fingerprint density at radius 1 is 1.27 bits per heavy atom. The van der Waals surface area contributed by atoms with Crippen molar-refractivity contribution in [3.63, 3.8) is 0 Å². The molecule has 2 rings (SSSR count). The van der Waals surface area contributed by atoms with Crippen LogP contribution in [0.3, 0.4) is 0 Å². The van der Waals surface area contributed by atoms with E-state index in [1.807, 2.05) is 33.8 Å². The molecule has 1 aliphatic rings. The maximum Gasteiger partial charge on any atom is 0.408 e. The molecule has 1 aromatic rings. The molecule has 0 radical (unpaired) electrons. The quantitative estimate of drug-likeness (QED) is 0.427. The summed E-state index contributed by atoms with van der Waals surface area (Å²) in [5.74, 6) is 0. The van der Waals surface area contributed by atoms with Crippen LogP contribution in [0.15, 0.2) is 12.1 Å². The van der Waals surface area contributed by atoms with Crippen LogP contribution in [0.1, 0.15) is 71.9 Å². The van der Waals surface area contributed by atoms with E-state index in [9.17, 15) is 10.1 Å². The number of nitriles is 1. The van der Waals surface area contributed by atoms with Crippen LogP contribution in [0.2, 0.25) is 23.2 Å². The molecule has 2 atom stereocenters. The predicted octanol–water partition coefficient (Wildman–Crippen LogP) is 6.77. The summed E-state index contributed by atoms with van der Waals surface area (Å²) >= 11 is 6.38. The van der Waals surface area contributed by atoms with Gasteiger partial charge >= 0.3 is 6.09 Å². The number of alkyl carbamates (subject to hydrolysis) is 1. The van der Waals surface area contributed by atoms with Crippen LogP contribution in [0.25, 0.3) is 0 Å². The summed E-state index contributed by atoms with van der Waals surface area (Å²) in [6.45, 7) is 19.1. The summed E-state index contributed by atoms with van der Waals surface area (Å²) in [6, 6.07) is 5.69. The van der Waals surface area contributed by atoms with Crippen LogP contribution >= 0.6 is 11.6 Å². The van der Waals surface area contributed by atoms with Crippen LogP contribution in [0, 0.1) is 18.3 Å². The van der Waals surface area contributed by atoms with Gasteiger partial charge < -0.3 is 19.8 Å². The van der Waals surface area contributed by atoms with Gasteiger partial charge in [-0.15, -0.1) is 0 Å². The van der Waals surface area contributed by atoms with Crippen molar-refractivity contribution < 1.29 is 14.0 Å². The lowest BCUT2D eigenvalue weighted by atomic mass is 9.94. The number of nitrogens with zero attached hydrogens (tertiary/aromatic N) is 1. The highest BCUT2D eigenvalue weighted by Crippen LogP contribution is 2.42. The molecule has 184 valence electrons. The number of hydrogen-bond acceptors (Lipinski definition) is 5. The van der Waals surface area contributed by atoms with Crippen molar-refractivity contribution in [2.24, 2.45) is 0 Å². The topological polar surface area (TPSA) is 83.4 Å². The van der Waals surface area contributed by atoms with E-state index in [0.717, 1.165) is 30.5 Å². The second kappa shape index (κ2) is 9.85. The molecule has 0 aliphatic heterocycles. The highest BCUT2D eigenvalue weighted by Gasteiger charge is 2.50. The number of benzene rings is 1. The van der Waals surface area contributed by atoms with E-state index in [4.69, 9.17) is 20.8 Å². The molecule has 1 fully saturated rings. The Morgan fingerprint density at radius 3 is 2.45 bits per heavy atom. The summed E-state index contributed by atoms with van der Waals surface area (Å²) in [6.07, 6.45) is 2.03. The lowest BCUT2D eigenvalue weighted by Gasteiger charge is -2.44. The van der Waals surface area contributed by atoms with Gasteiger partial charge in [-0.1, -0.05) is 32.4 Å². The summed E-state index contributed by atoms with van der Waals surface area (Å²) in [5.41, 5.74) is 0.876. The third-order valence-electron chi connectivity index (χ3n) is 6.80. The van der Waals surface area contributed by atoms with Crippen LogP contribution in [0.5, 0.6) is 0 Å². The first-order valence-corrected chi connectivity index (χ1v) is 14.9. The molecule has 33 heavy (non-hydrogen) atoms. The molecule has 1 aliphatic carbocycles. The number of rotatable bonds is 6. The summed E-state index contributed by atoms with van der Waals surface area (Å²) in [7, 11) is -2.07. The Labute approximate surface area is 205 Å². The van der Waals surface area contributed by atoms with Crippen LogP contribution < -0.4 is 10.6 Å². The summed E-state index contributed by atoms with van der Waals surface area (Å²) in [5, 5.41) is 16.4. The molecule has 8 heteroatoms. The van der Waals surface area contributed by atoms with Gasteiger partial charge in [0.05, 0.1) is 22.2 Å². The maximum atomic E-state index is 12.9. The zero-order valence-electron chi connectivity index (χ0n) is 21.6. The number of anilines is 1. The van der Waals surface area contributed by atoms with E-state index in [1.165, 1.54) is 0 Å². The van der Waals surface area contributed by atoms with E-state index in [0.29, 0.717) is 17.1 Å². The highest BCUT2D eigenvalue weighted by molar-refractivity contribution is 6.74. The molecular formula is C25H40ClN3O3Si. The molecule has 1 saturated carbocycles. The Morgan fingerprint density at radius 2 is 1.91 bits per heavy atom. The first kappa shape index (κ1) is 27.5. The molecular weight excluding hydrogens is 454 g/mol. The van der Waals surface area contributed by atoms with Gasteiger partial charge in [-0.05, 0) is 82.8 Å². The van der Waals surface area contributed by atoms with Crippen molar-refractivity contribution in [3.05, 3.63) is 28.3 Å². The standard InChI is InChI=1S/C25H40ClN3O3Si/c1-17-19(13-12-18(15-27)21(17)26)28-16-25(29-22(30)31-23(2,3)4)14-10-11-20(25)32-33(8,9)24(5,6)7/h12-13,20,28H,10-11,14,16H2,1-9H3,(H,29,30)/t20-,25+/m0/s1. The lowest BCUT2D eigenvalue weighted by Crippen LogP contribution is -2.62. The third kappa shape index (κ3) is 6.65. The van der Waals surface area contributed by atoms with Crippen LogP contribution in [-0.2, 0) is 9.16 Å². The fraction of sp³-hybridized carbons (Fsp3) is 0.680. The second-order valence-corrected chi connectivity index (χ2v) is 16.7. The zero-order valence-corrected chi connectivity index (χ0v) is 23.4. The smallest absolute Gasteiger partial charge is 0.408 e. The Hall–Kier alpha value is -1.75. The minimum absolute atomic E-state index is 0.0535. The number of carbonyl (C=O) groups excluding carboxylic acids is 1. The molecule has 0 unspecified atom stereocenters. The van der Waals surface area contributed by atoms with Gasteiger partial charge in [0.1, 0.15) is 11.7 Å². The van der Waals surface area contributed by atoms with Crippen molar-refractivity contribution in [2.45, 2.75) is 103 Å². The molecule has 1 aromatic carbocycles. The normalized spacial score (nSPS) is 21.4. The Balaban J connectivity index is 2.36. The minimum atomic E-state index is -2.07. The first-order valence-electron chi connectivity index (χ1n) is 11.6. The average molecular weight is 494 g/mol. The number of carbonyl (C=O) groups is 1. The predicted molar refractivity (Wildman–Crippen MR) is 137 cm³/mol. The highest BCUT2D eigenvalue weighted by atomic mass is 35.5. The van der Waals surface area contributed by atoms with Gasteiger partial charge in [0.25, 0.3) is 0 Å². The Bertz CT molecular complexity index is 915. The van der Waals surface area contributed by atoms with Crippen molar-refractivity contribution in [1.82, 2.24) is 5.32 Å². The van der Waals surface area contributed by atoms with E-state index >= 15 is 0 Å².